The molecule has 0 unspecified atom stereocenters. The van der Waals surface area contributed by atoms with E-state index in [9.17, 15) is 0 Å². The Morgan fingerprint density at radius 3 is 2.83 bits per heavy atom. The average Bonchev–Trinajstić information content (AvgIpc) is 2.39. The van der Waals surface area contributed by atoms with Crippen LogP contribution < -0.4 is 5.73 Å². The molecule has 2 rings (SSSR count). The molecule has 2 N–H and O–H groups in total. The summed E-state index contributed by atoms with van der Waals surface area (Å²) in [6.45, 7) is 5.45. The molecule has 0 bridgehead atoms. The molecule has 1 aromatic rings. The van der Waals surface area contributed by atoms with Gasteiger partial charge in [0.1, 0.15) is 0 Å². The molecule has 0 aliphatic carbocycles. The van der Waals surface area contributed by atoms with Crippen molar-refractivity contribution in [1.82, 2.24) is 14.8 Å². The third-order valence-corrected chi connectivity index (χ3v) is 3.59. The lowest BCUT2D eigenvalue weighted by Gasteiger charge is -2.31. The monoisotopic (exact) mass is 248 g/mol. The first-order chi connectivity index (χ1) is 8.74. The van der Waals surface area contributed by atoms with Crippen molar-refractivity contribution < 1.29 is 0 Å². The summed E-state index contributed by atoms with van der Waals surface area (Å²) in [4.78, 5) is 9.19. The molecule has 4 heteroatoms. The number of nitrogens with two attached hydrogens (primary N) is 1. The molecule has 2 heterocycles. The number of likely N-dealkylation sites (N-methyl/N-ethyl adjacent to an activating group) is 1. The summed E-state index contributed by atoms with van der Waals surface area (Å²) in [5.41, 5.74) is 7.05. The fourth-order valence-electron chi connectivity index (χ4n) is 2.34. The second-order valence-electron chi connectivity index (χ2n) is 5.24. The van der Waals surface area contributed by atoms with Gasteiger partial charge in [-0.15, -0.1) is 0 Å². The van der Waals surface area contributed by atoms with Crippen LogP contribution in [0.2, 0.25) is 0 Å². The quantitative estimate of drug-likeness (QED) is 0.842. The van der Waals surface area contributed by atoms with Crippen LogP contribution in [0.3, 0.4) is 0 Å². The van der Waals surface area contributed by atoms with Crippen LogP contribution in [-0.2, 0) is 6.54 Å². The van der Waals surface area contributed by atoms with Crippen LogP contribution in [0.4, 0.5) is 0 Å². The Balaban J connectivity index is 1.67. The van der Waals surface area contributed by atoms with E-state index in [1.807, 2.05) is 18.3 Å². The van der Waals surface area contributed by atoms with Crippen molar-refractivity contribution in [2.24, 2.45) is 5.73 Å². The molecule has 0 saturated carbocycles. The summed E-state index contributed by atoms with van der Waals surface area (Å²) in [5, 5.41) is 0. The molecular formula is C14H24N4. The minimum Gasteiger partial charge on any atom is -0.328 e. The number of hydrogen-bond acceptors (Lipinski definition) is 4. The van der Waals surface area contributed by atoms with Gasteiger partial charge in [0, 0.05) is 31.9 Å². The van der Waals surface area contributed by atoms with Crippen molar-refractivity contribution in [3.8, 4) is 0 Å². The first kappa shape index (κ1) is 13.5. The van der Waals surface area contributed by atoms with E-state index in [4.69, 9.17) is 5.73 Å². The van der Waals surface area contributed by atoms with Crippen molar-refractivity contribution in [1.29, 1.82) is 0 Å². The predicted molar refractivity (Wildman–Crippen MR) is 74.2 cm³/mol. The van der Waals surface area contributed by atoms with Gasteiger partial charge in [-0.3, -0.25) is 9.88 Å². The first-order valence-corrected chi connectivity index (χ1v) is 6.80. The number of aromatic nitrogens is 1. The van der Waals surface area contributed by atoms with Crippen molar-refractivity contribution in [3.05, 3.63) is 30.1 Å². The second kappa shape index (κ2) is 6.83. The third kappa shape index (κ3) is 4.37. The van der Waals surface area contributed by atoms with Gasteiger partial charge in [0.15, 0.2) is 0 Å². The van der Waals surface area contributed by atoms with Gasteiger partial charge < -0.3 is 10.6 Å². The molecular weight excluding hydrogens is 224 g/mol. The van der Waals surface area contributed by atoms with E-state index in [0.29, 0.717) is 6.04 Å². The second-order valence-corrected chi connectivity index (χ2v) is 5.24. The minimum atomic E-state index is 0.424. The molecule has 1 fully saturated rings. The highest BCUT2D eigenvalue weighted by atomic mass is 15.2. The van der Waals surface area contributed by atoms with Crippen LogP contribution in [0, 0.1) is 0 Å². The highest BCUT2D eigenvalue weighted by Crippen LogP contribution is 2.08. The topological polar surface area (TPSA) is 45.4 Å². The summed E-state index contributed by atoms with van der Waals surface area (Å²) in [6.07, 6.45) is 4.14. The van der Waals surface area contributed by atoms with Gasteiger partial charge in [-0.05, 0) is 45.1 Å². The highest BCUT2D eigenvalue weighted by Gasteiger charge is 2.15. The maximum atomic E-state index is 5.91. The molecule has 1 aliphatic rings. The molecule has 4 nitrogen and oxygen atoms in total. The van der Waals surface area contributed by atoms with Crippen molar-refractivity contribution >= 4 is 0 Å². The van der Waals surface area contributed by atoms with Crippen molar-refractivity contribution in [2.45, 2.75) is 25.4 Å². The Kier molecular flexibility index (Phi) is 5.11. The van der Waals surface area contributed by atoms with Gasteiger partial charge in [-0.25, -0.2) is 0 Å². The van der Waals surface area contributed by atoms with Gasteiger partial charge in [-0.1, -0.05) is 6.07 Å². The number of hydrogen-bond donors (Lipinski definition) is 1. The van der Waals surface area contributed by atoms with Crippen molar-refractivity contribution in [3.63, 3.8) is 0 Å². The molecule has 1 aromatic heterocycles. The molecule has 100 valence electrons. The highest BCUT2D eigenvalue weighted by molar-refractivity contribution is 5.02. The van der Waals surface area contributed by atoms with Crippen molar-refractivity contribution in [2.75, 3.05) is 33.2 Å². The van der Waals surface area contributed by atoms with Gasteiger partial charge >= 0.3 is 0 Å². The maximum absolute atomic E-state index is 5.91. The van der Waals surface area contributed by atoms with E-state index in [1.165, 1.54) is 0 Å². The van der Waals surface area contributed by atoms with Crippen LogP contribution in [0.25, 0.3) is 0 Å². The summed E-state index contributed by atoms with van der Waals surface area (Å²) >= 11 is 0. The number of pyridine rings is 1. The Morgan fingerprint density at radius 2 is 2.17 bits per heavy atom. The smallest absolute Gasteiger partial charge is 0.0543 e. The van der Waals surface area contributed by atoms with Crippen LogP contribution in [-0.4, -0.2) is 54.1 Å². The first-order valence-electron chi connectivity index (χ1n) is 6.80. The number of likely N-dealkylation sites (tertiary alicyclic amines) is 1. The number of piperidine rings is 1. The lowest BCUT2D eigenvalue weighted by molar-refractivity contribution is 0.183. The van der Waals surface area contributed by atoms with Crippen LogP contribution >= 0.6 is 0 Å². The Bertz CT molecular complexity index is 333. The van der Waals surface area contributed by atoms with Gasteiger partial charge in [0.2, 0.25) is 0 Å². The molecule has 0 atom stereocenters. The van der Waals surface area contributed by atoms with Gasteiger partial charge in [-0.2, -0.15) is 0 Å². The Hall–Kier alpha value is -0.970. The predicted octanol–water partition coefficient (Wildman–Crippen LogP) is 0.937. The zero-order valence-electron chi connectivity index (χ0n) is 11.3. The van der Waals surface area contributed by atoms with E-state index in [0.717, 1.165) is 51.3 Å². The molecule has 0 radical (unpaired) electrons. The van der Waals surface area contributed by atoms with Crippen LogP contribution in [0.5, 0.6) is 0 Å². The largest absolute Gasteiger partial charge is 0.328 e. The molecule has 1 aliphatic heterocycles. The van der Waals surface area contributed by atoms with Crippen LogP contribution in [0.15, 0.2) is 24.4 Å². The number of rotatable bonds is 5. The number of nitrogens with zero attached hydrogens (tertiary/aromatic N) is 3. The Morgan fingerprint density at radius 1 is 1.39 bits per heavy atom. The molecule has 0 spiro atoms. The van der Waals surface area contributed by atoms with Gasteiger partial charge in [0.05, 0.1) is 5.69 Å². The third-order valence-electron chi connectivity index (χ3n) is 3.59. The summed E-state index contributed by atoms with van der Waals surface area (Å²) in [7, 11) is 2.16. The standard InChI is InChI=1S/C14H24N4/c1-17(12-14-4-2-3-7-16-14)10-11-18-8-5-13(15)6-9-18/h2-4,7,13H,5-6,8-12,15H2,1H3. The van der Waals surface area contributed by atoms with Gasteiger partial charge in [0.25, 0.3) is 0 Å². The zero-order valence-corrected chi connectivity index (χ0v) is 11.3. The maximum Gasteiger partial charge on any atom is 0.0543 e. The van der Waals surface area contributed by atoms with E-state index in [-0.39, 0.29) is 0 Å². The van der Waals surface area contributed by atoms with E-state index < -0.39 is 0 Å². The average molecular weight is 248 g/mol. The molecule has 18 heavy (non-hydrogen) atoms. The van der Waals surface area contributed by atoms with Crippen LogP contribution in [0.1, 0.15) is 18.5 Å². The lowest BCUT2D eigenvalue weighted by Crippen LogP contribution is -2.42. The Labute approximate surface area is 110 Å². The molecule has 1 saturated heterocycles. The van der Waals surface area contributed by atoms with E-state index in [1.54, 1.807) is 0 Å². The molecule has 0 aromatic carbocycles. The fraction of sp³-hybridized carbons (Fsp3) is 0.643. The fourth-order valence-corrected chi connectivity index (χ4v) is 2.34. The summed E-state index contributed by atoms with van der Waals surface area (Å²) < 4.78 is 0. The normalized spacial score (nSPS) is 18.4. The van der Waals surface area contributed by atoms with E-state index >= 15 is 0 Å². The molecule has 0 amide bonds. The SMILES string of the molecule is CN(CCN1CCC(N)CC1)Cc1ccccn1. The summed E-state index contributed by atoms with van der Waals surface area (Å²) in [5.74, 6) is 0. The zero-order chi connectivity index (χ0) is 12.8. The summed E-state index contributed by atoms with van der Waals surface area (Å²) in [6, 6.07) is 6.51. The minimum absolute atomic E-state index is 0.424. The van der Waals surface area contributed by atoms with E-state index in [2.05, 4.69) is 27.9 Å². The lowest BCUT2D eigenvalue weighted by atomic mass is 10.1.